The molecule has 0 saturated heterocycles. The Morgan fingerprint density at radius 1 is 1.03 bits per heavy atom. The number of rotatable bonds is 6. The van der Waals surface area contributed by atoms with Gasteiger partial charge in [0.05, 0.1) is 12.8 Å². The molecule has 0 spiro atoms. The molecule has 11 nitrogen and oxygen atoms in total. The van der Waals surface area contributed by atoms with E-state index in [1.807, 2.05) is 0 Å². The molecule has 1 heterocycles. The fourth-order valence-corrected chi connectivity index (χ4v) is 4.64. The second-order valence-corrected chi connectivity index (χ2v) is 9.60. The molecule has 0 aliphatic carbocycles. The lowest BCUT2D eigenvalue weighted by molar-refractivity contribution is 0.399. The first-order valence-corrected chi connectivity index (χ1v) is 11.6. The summed E-state index contributed by atoms with van der Waals surface area (Å²) >= 11 is 11.5. The average molecular weight is 495 g/mol. The van der Waals surface area contributed by atoms with Crippen molar-refractivity contribution in [2.24, 2.45) is 0 Å². The third-order valence-electron chi connectivity index (χ3n) is 3.77. The largest absolute Gasteiger partial charge is 0.507 e. The van der Waals surface area contributed by atoms with Crippen molar-refractivity contribution in [3.05, 3.63) is 40.4 Å². The van der Waals surface area contributed by atoms with E-state index in [9.17, 15) is 21.9 Å². The molecule has 160 valence electrons. The molecule has 0 atom stereocenters. The first kappa shape index (κ1) is 22.4. The van der Waals surface area contributed by atoms with Gasteiger partial charge in [0.2, 0.25) is 16.5 Å². The summed E-state index contributed by atoms with van der Waals surface area (Å²) in [5.41, 5.74) is -0.135. The smallest absolute Gasteiger partial charge is 0.299 e. The molecule has 0 amide bonds. The molecule has 0 aliphatic rings. The van der Waals surface area contributed by atoms with Gasteiger partial charge in [-0.25, -0.2) is 0 Å². The van der Waals surface area contributed by atoms with Gasteiger partial charge < -0.3 is 10.4 Å². The lowest BCUT2D eigenvalue weighted by Crippen LogP contribution is -2.09. The summed E-state index contributed by atoms with van der Waals surface area (Å²) in [5, 5.41) is 12.4. The molecule has 3 rings (SSSR count). The lowest BCUT2D eigenvalue weighted by atomic mass is 10.1. The summed E-state index contributed by atoms with van der Waals surface area (Å²) in [5.74, 6) is -1.43. The van der Waals surface area contributed by atoms with Crippen LogP contribution < -0.4 is 5.32 Å². The van der Waals surface area contributed by atoms with Crippen molar-refractivity contribution in [1.29, 1.82) is 0 Å². The monoisotopic (exact) mass is 494 g/mol. The van der Waals surface area contributed by atoms with Crippen LogP contribution in [0, 0.1) is 0 Å². The molecular formula is C15H12Cl2N4O7S2. The number of phenolic OH excluding ortho intramolecular Hbond substituents is 1. The van der Waals surface area contributed by atoms with Crippen LogP contribution in [0.25, 0.3) is 10.8 Å². The Bertz CT molecular complexity index is 1340. The SMILES string of the molecule is COS(=O)(=O)c1c(Nc2nc(Cl)nc(Cl)n2)ccc2c(O)cc(CS(=O)(=O)O)cc12. The topological polar surface area (TPSA) is 169 Å². The van der Waals surface area contributed by atoms with Gasteiger partial charge in [0.1, 0.15) is 16.4 Å². The van der Waals surface area contributed by atoms with Gasteiger partial charge >= 0.3 is 0 Å². The van der Waals surface area contributed by atoms with Crippen molar-refractivity contribution in [2.75, 3.05) is 12.4 Å². The zero-order valence-corrected chi connectivity index (χ0v) is 18.0. The Morgan fingerprint density at radius 3 is 2.23 bits per heavy atom. The van der Waals surface area contributed by atoms with Crippen molar-refractivity contribution in [1.82, 2.24) is 15.0 Å². The first-order valence-electron chi connectivity index (χ1n) is 7.78. The maximum absolute atomic E-state index is 12.7. The number of phenols is 1. The number of hydrogen-bond acceptors (Lipinski definition) is 10. The highest BCUT2D eigenvalue weighted by Crippen LogP contribution is 2.37. The van der Waals surface area contributed by atoms with Gasteiger partial charge in [0, 0.05) is 10.8 Å². The molecule has 0 aliphatic heterocycles. The molecule has 0 fully saturated rings. The number of benzene rings is 2. The van der Waals surface area contributed by atoms with Crippen molar-refractivity contribution < 1.29 is 30.7 Å². The summed E-state index contributed by atoms with van der Waals surface area (Å²) in [6, 6.07) is 4.97. The second kappa shape index (κ2) is 8.09. The van der Waals surface area contributed by atoms with E-state index in [1.54, 1.807) is 0 Å². The van der Waals surface area contributed by atoms with Gasteiger partial charge in [-0.1, -0.05) is 0 Å². The van der Waals surface area contributed by atoms with Crippen LogP contribution in [-0.2, 0) is 30.2 Å². The number of halogens is 2. The number of aromatic nitrogens is 3. The highest BCUT2D eigenvalue weighted by molar-refractivity contribution is 7.87. The van der Waals surface area contributed by atoms with Crippen LogP contribution in [0.3, 0.4) is 0 Å². The van der Waals surface area contributed by atoms with Crippen molar-refractivity contribution in [3.63, 3.8) is 0 Å². The van der Waals surface area contributed by atoms with Crippen LogP contribution in [0.4, 0.5) is 11.6 Å². The minimum atomic E-state index is -4.45. The van der Waals surface area contributed by atoms with Gasteiger partial charge in [-0.2, -0.15) is 31.8 Å². The molecule has 3 aromatic rings. The van der Waals surface area contributed by atoms with Crippen LogP contribution in [0.5, 0.6) is 5.75 Å². The van der Waals surface area contributed by atoms with E-state index in [0.717, 1.165) is 13.2 Å². The van der Waals surface area contributed by atoms with Gasteiger partial charge in [-0.05, 0) is 53.0 Å². The number of aromatic hydroxyl groups is 1. The van der Waals surface area contributed by atoms with Crippen LogP contribution in [-0.4, -0.2) is 48.6 Å². The lowest BCUT2D eigenvalue weighted by Gasteiger charge is -2.15. The minimum absolute atomic E-state index is 0.0570. The number of fused-ring (bicyclic) bond motifs is 1. The quantitative estimate of drug-likeness (QED) is 0.339. The molecule has 0 unspecified atom stereocenters. The molecule has 2 aromatic carbocycles. The highest BCUT2D eigenvalue weighted by Gasteiger charge is 2.25. The van der Waals surface area contributed by atoms with E-state index < -0.39 is 36.6 Å². The van der Waals surface area contributed by atoms with Gasteiger partial charge in [0.25, 0.3) is 20.2 Å². The Balaban J connectivity index is 2.30. The maximum atomic E-state index is 12.7. The number of nitrogens with one attached hydrogen (secondary N) is 1. The summed E-state index contributed by atoms with van der Waals surface area (Å²) in [6.07, 6.45) is 0. The normalized spacial score (nSPS) is 12.3. The van der Waals surface area contributed by atoms with E-state index >= 15 is 0 Å². The summed E-state index contributed by atoms with van der Waals surface area (Å²) in [7, 11) is -7.92. The fourth-order valence-electron chi connectivity index (χ4n) is 2.69. The molecule has 3 N–H and O–H groups in total. The third-order valence-corrected chi connectivity index (χ3v) is 6.18. The Labute approximate surface area is 180 Å². The number of nitrogens with zero attached hydrogens (tertiary/aromatic N) is 3. The molecular weight excluding hydrogens is 483 g/mol. The molecule has 30 heavy (non-hydrogen) atoms. The summed E-state index contributed by atoms with van der Waals surface area (Å²) in [4.78, 5) is 10.7. The van der Waals surface area contributed by atoms with E-state index in [2.05, 4.69) is 24.5 Å². The standard InChI is InChI=1S/C15H12Cl2N4O7S2/c1-28-30(26,27)12-9-4-7(6-29(23,24)25)5-11(22)8(9)2-3-10(12)18-15-20-13(16)19-14(17)21-15/h2-5,22H,6H2,1H3,(H,23,24,25)(H,18,19,20,21). The highest BCUT2D eigenvalue weighted by atomic mass is 35.5. The molecule has 0 bridgehead atoms. The molecule has 1 aromatic heterocycles. The van der Waals surface area contributed by atoms with Gasteiger partial charge in [-0.15, -0.1) is 0 Å². The maximum Gasteiger partial charge on any atom is 0.299 e. The molecule has 15 heteroatoms. The first-order chi connectivity index (χ1) is 13.9. The van der Waals surface area contributed by atoms with E-state index in [4.69, 9.17) is 27.8 Å². The Hall–Kier alpha value is -2.29. The average Bonchev–Trinajstić information content (AvgIpc) is 2.58. The third kappa shape index (κ3) is 4.88. The summed E-state index contributed by atoms with van der Waals surface area (Å²) in [6.45, 7) is 0. The predicted octanol–water partition coefficient (Wildman–Crippen LogP) is 2.50. The van der Waals surface area contributed by atoms with Crippen LogP contribution >= 0.6 is 23.2 Å². The Morgan fingerprint density at radius 2 is 1.67 bits per heavy atom. The van der Waals surface area contributed by atoms with E-state index in [0.29, 0.717) is 0 Å². The Kier molecular flexibility index (Phi) is 6.04. The van der Waals surface area contributed by atoms with Crippen LogP contribution in [0.15, 0.2) is 29.2 Å². The summed E-state index contributed by atoms with van der Waals surface area (Å²) < 4.78 is 61.5. The number of hydrogen-bond donors (Lipinski definition) is 3. The minimum Gasteiger partial charge on any atom is -0.507 e. The zero-order chi connectivity index (χ0) is 22.3. The molecule has 0 radical (unpaired) electrons. The van der Waals surface area contributed by atoms with E-state index in [-0.39, 0.29) is 38.5 Å². The van der Waals surface area contributed by atoms with Gasteiger partial charge in [0.15, 0.2) is 0 Å². The van der Waals surface area contributed by atoms with Crippen molar-refractivity contribution in [2.45, 2.75) is 10.6 Å². The van der Waals surface area contributed by atoms with Crippen molar-refractivity contribution >= 4 is 65.8 Å². The second-order valence-electron chi connectivity index (χ2n) is 5.82. The molecule has 0 saturated carbocycles. The van der Waals surface area contributed by atoms with Crippen LogP contribution in [0.2, 0.25) is 10.6 Å². The van der Waals surface area contributed by atoms with Crippen LogP contribution in [0.1, 0.15) is 5.56 Å². The predicted molar refractivity (Wildman–Crippen MR) is 108 cm³/mol. The van der Waals surface area contributed by atoms with Gasteiger partial charge in [-0.3, -0.25) is 8.74 Å². The zero-order valence-electron chi connectivity index (χ0n) is 14.9. The number of anilines is 2. The fraction of sp³-hybridized carbons (Fsp3) is 0.133. The van der Waals surface area contributed by atoms with E-state index in [1.165, 1.54) is 18.2 Å². The van der Waals surface area contributed by atoms with Crippen molar-refractivity contribution in [3.8, 4) is 5.75 Å².